The summed E-state index contributed by atoms with van der Waals surface area (Å²) in [6.07, 6.45) is -4.41. The van der Waals surface area contributed by atoms with Crippen molar-refractivity contribution in [3.8, 4) is 11.5 Å². The number of aliphatic imine (C=N–C) groups is 1. The van der Waals surface area contributed by atoms with Gasteiger partial charge in [0.2, 0.25) is 0 Å². The Labute approximate surface area is 178 Å². The van der Waals surface area contributed by atoms with Crippen LogP contribution >= 0.6 is 11.3 Å². The Bertz CT molecular complexity index is 838. The van der Waals surface area contributed by atoms with Gasteiger partial charge in [-0.15, -0.1) is 11.3 Å². The molecule has 0 saturated carbocycles. The van der Waals surface area contributed by atoms with Crippen LogP contribution in [0.5, 0.6) is 11.5 Å². The Morgan fingerprint density at radius 3 is 2.60 bits per heavy atom. The highest BCUT2D eigenvalue weighted by molar-refractivity contribution is 7.09. The lowest BCUT2D eigenvalue weighted by Crippen LogP contribution is -2.36. The molecule has 166 valence electrons. The van der Waals surface area contributed by atoms with Gasteiger partial charge >= 0.3 is 6.18 Å². The van der Waals surface area contributed by atoms with E-state index in [0.29, 0.717) is 31.5 Å². The van der Waals surface area contributed by atoms with E-state index >= 15 is 0 Å². The molecule has 30 heavy (non-hydrogen) atoms. The smallest absolute Gasteiger partial charge is 0.422 e. The maximum absolute atomic E-state index is 12.4. The molecule has 0 spiro atoms. The monoisotopic (exact) mass is 444 g/mol. The van der Waals surface area contributed by atoms with Gasteiger partial charge in [-0.05, 0) is 30.5 Å². The van der Waals surface area contributed by atoms with Crippen molar-refractivity contribution >= 4 is 17.3 Å². The Balaban J connectivity index is 2.01. The average molecular weight is 445 g/mol. The number of ether oxygens (including phenoxy) is 2. The van der Waals surface area contributed by atoms with Crippen LogP contribution in [0.3, 0.4) is 0 Å². The first-order valence-corrected chi connectivity index (χ1v) is 10.4. The van der Waals surface area contributed by atoms with Crippen LogP contribution in [0.1, 0.15) is 43.0 Å². The van der Waals surface area contributed by atoms with Crippen LogP contribution in [0, 0.1) is 0 Å². The van der Waals surface area contributed by atoms with Crippen LogP contribution in [-0.2, 0) is 13.1 Å². The minimum atomic E-state index is -4.41. The number of hydrogen-bond donors (Lipinski definition) is 2. The summed E-state index contributed by atoms with van der Waals surface area (Å²) < 4.78 is 47.1. The Morgan fingerprint density at radius 2 is 2.00 bits per heavy atom. The van der Waals surface area contributed by atoms with Gasteiger partial charge in [-0.3, -0.25) is 0 Å². The Morgan fingerprint density at radius 1 is 1.23 bits per heavy atom. The van der Waals surface area contributed by atoms with E-state index < -0.39 is 12.8 Å². The van der Waals surface area contributed by atoms with Gasteiger partial charge < -0.3 is 20.1 Å². The summed E-state index contributed by atoms with van der Waals surface area (Å²) in [5, 5.41) is 9.43. The van der Waals surface area contributed by atoms with Crippen LogP contribution in [0.4, 0.5) is 13.2 Å². The van der Waals surface area contributed by atoms with E-state index in [-0.39, 0.29) is 11.5 Å². The molecule has 1 aromatic carbocycles. The lowest BCUT2D eigenvalue weighted by molar-refractivity contribution is -0.153. The molecule has 0 fully saturated rings. The Kier molecular flexibility index (Phi) is 8.76. The lowest BCUT2D eigenvalue weighted by atomic mass is 10.2. The van der Waals surface area contributed by atoms with E-state index in [1.165, 1.54) is 13.2 Å². The molecule has 0 amide bonds. The second-order valence-electron chi connectivity index (χ2n) is 6.76. The number of rotatable bonds is 9. The zero-order valence-corrected chi connectivity index (χ0v) is 18.3. The van der Waals surface area contributed by atoms with Gasteiger partial charge in [0.15, 0.2) is 24.1 Å². The summed E-state index contributed by atoms with van der Waals surface area (Å²) in [5.41, 5.74) is 1.85. The average Bonchev–Trinajstić information content (AvgIpc) is 3.17. The van der Waals surface area contributed by atoms with Gasteiger partial charge in [-0.2, -0.15) is 13.2 Å². The molecule has 10 heteroatoms. The van der Waals surface area contributed by atoms with E-state index in [2.05, 4.69) is 39.8 Å². The molecule has 2 rings (SSSR count). The van der Waals surface area contributed by atoms with Crippen molar-refractivity contribution in [3.05, 3.63) is 39.8 Å². The predicted octanol–water partition coefficient (Wildman–Crippen LogP) is 4.47. The largest absolute Gasteiger partial charge is 0.493 e. The number of benzene rings is 1. The van der Waals surface area contributed by atoms with Gasteiger partial charge in [0, 0.05) is 11.9 Å². The van der Waals surface area contributed by atoms with Crippen LogP contribution in [0.25, 0.3) is 0 Å². The fourth-order valence-electron chi connectivity index (χ4n) is 2.43. The summed E-state index contributed by atoms with van der Waals surface area (Å²) in [5.74, 6) is 1.27. The number of alkyl halides is 3. The molecular formula is C20H27F3N4O2S. The molecule has 1 heterocycles. The molecule has 0 unspecified atom stereocenters. The first-order chi connectivity index (χ1) is 14.2. The van der Waals surface area contributed by atoms with Gasteiger partial charge in [0.1, 0.15) is 5.01 Å². The molecule has 0 saturated heterocycles. The minimum absolute atomic E-state index is 0.0392. The summed E-state index contributed by atoms with van der Waals surface area (Å²) in [7, 11) is 1.38. The highest BCUT2D eigenvalue weighted by atomic mass is 32.1. The molecule has 0 aliphatic rings. The van der Waals surface area contributed by atoms with Crippen molar-refractivity contribution in [2.45, 2.75) is 46.0 Å². The van der Waals surface area contributed by atoms with Crippen molar-refractivity contribution in [1.29, 1.82) is 0 Å². The third kappa shape index (κ3) is 7.74. The fraction of sp³-hybridized carbons (Fsp3) is 0.500. The van der Waals surface area contributed by atoms with Crippen LogP contribution < -0.4 is 20.1 Å². The van der Waals surface area contributed by atoms with Gasteiger partial charge in [0.25, 0.3) is 0 Å². The van der Waals surface area contributed by atoms with Gasteiger partial charge in [0.05, 0.1) is 25.9 Å². The third-order valence-electron chi connectivity index (χ3n) is 3.95. The number of nitrogens with zero attached hydrogens (tertiary/aromatic N) is 2. The number of aromatic nitrogens is 1. The molecule has 2 aromatic rings. The summed E-state index contributed by atoms with van der Waals surface area (Å²) >= 11 is 1.60. The molecular weight excluding hydrogens is 417 g/mol. The van der Waals surface area contributed by atoms with Crippen LogP contribution in [0.15, 0.2) is 28.6 Å². The highest BCUT2D eigenvalue weighted by Crippen LogP contribution is 2.30. The number of guanidine groups is 1. The molecule has 6 nitrogen and oxygen atoms in total. The SMILES string of the molecule is CCNC(=NCc1ccc(OCC(F)(F)F)c(OC)c1)NCc1nc(C(C)C)cs1. The zero-order valence-electron chi connectivity index (χ0n) is 17.5. The van der Waals surface area contributed by atoms with E-state index in [4.69, 9.17) is 9.47 Å². The standard InChI is InChI=1S/C20H27F3N4O2S/c1-5-24-19(26-10-18-27-15(11-30-18)13(2)3)25-9-14-6-7-16(17(8-14)28-4)29-12-20(21,22)23/h6-8,11,13H,5,9-10,12H2,1-4H3,(H2,24,25,26). The second-order valence-corrected chi connectivity index (χ2v) is 7.70. The minimum Gasteiger partial charge on any atom is -0.493 e. The van der Waals surface area contributed by atoms with E-state index in [9.17, 15) is 13.2 Å². The van der Waals surface area contributed by atoms with Crippen molar-refractivity contribution in [3.63, 3.8) is 0 Å². The number of halogens is 3. The van der Waals surface area contributed by atoms with Crippen LogP contribution in [-0.4, -0.2) is 37.4 Å². The second kappa shape index (κ2) is 11.1. The first-order valence-electron chi connectivity index (χ1n) is 9.54. The fourth-order valence-corrected chi connectivity index (χ4v) is 3.33. The van der Waals surface area contributed by atoms with Crippen molar-refractivity contribution in [2.75, 3.05) is 20.3 Å². The maximum Gasteiger partial charge on any atom is 0.422 e. The summed E-state index contributed by atoms with van der Waals surface area (Å²) in [4.78, 5) is 9.12. The van der Waals surface area contributed by atoms with E-state index in [1.807, 2.05) is 6.92 Å². The summed E-state index contributed by atoms with van der Waals surface area (Å²) in [6, 6.07) is 4.74. The normalized spacial score (nSPS) is 12.2. The molecule has 0 atom stereocenters. The van der Waals surface area contributed by atoms with Gasteiger partial charge in [-0.25, -0.2) is 9.98 Å². The van der Waals surface area contributed by atoms with Gasteiger partial charge in [-0.1, -0.05) is 19.9 Å². The zero-order chi connectivity index (χ0) is 22.1. The molecule has 1 aromatic heterocycles. The molecule has 0 aliphatic heterocycles. The number of nitrogens with one attached hydrogen (secondary N) is 2. The number of thiazole rings is 1. The number of methoxy groups -OCH3 is 1. The lowest BCUT2D eigenvalue weighted by Gasteiger charge is -2.14. The van der Waals surface area contributed by atoms with Crippen molar-refractivity contribution < 1.29 is 22.6 Å². The van der Waals surface area contributed by atoms with Crippen molar-refractivity contribution in [2.24, 2.45) is 4.99 Å². The molecule has 2 N–H and O–H groups in total. The third-order valence-corrected chi connectivity index (χ3v) is 4.82. The number of hydrogen-bond acceptors (Lipinski definition) is 5. The Hall–Kier alpha value is -2.49. The van der Waals surface area contributed by atoms with Crippen LogP contribution in [0.2, 0.25) is 0 Å². The van der Waals surface area contributed by atoms with E-state index in [0.717, 1.165) is 16.3 Å². The first kappa shape index (κ1) is 23.8. The topological polar surface area (TPSA) is 67.8 Å². The molecule has 0 radical (unpaired) electrons. The van der Waals surface area contributed by atoms with E-state index in [1.54, 1.807) is 23.5 Å². The maximum atomic E-state index is 12.4. The predicted molar refractivity (Wildman–Crippen MR) is 112 cm³/mol. The molecule has 0 bridgehead atoms. The highest BCUT2D eigenvalue weighted by Gasteiger charge is 2.29. The summed E-state index contributed by atoms with van der Waals surface area (Å²) in [6.45, 7) is 6.36. The molecule has 0 aliphatic carbocycles. The van der Waals surface area contributed by atoms with Crippen molar-refractivity contribution in [1.82, 2.24) is 15.6 Å². The quantitative estimate of drug-likeness (QED) is 0.441.